The average molecular weight is 310 g/mol. The molecule has 0 aliphatic heterocycles. The van der Waals surface area contributed by atoms with Crippen LogP contribution in [0, 0.1) is 17.0 Å². The standard InChI is InChI=1S/C17H14N2O4/c1-11-8-13(6-7-16(11)19(21)22)23-17(20)9-12-10-18-15-5-3-2-4-14(12)15/h2-8,10,18H,9H2,1H3. The minimum atomic E-state index is -0.465. The number of fused-ring (bicyclic) bond motifs is 1. The van der Waals surface area contributed by atoms with Gasteiger partial charge in [0.15, 0.2) is 0 Å². The van der Waals surface area contributed by atoms with Crippen molar-refractivity contribution < 1.29 is 14.5 Å². The summed E-state index contributed by atoms with van der Waals surface area (Å²) in [4.78, 5) is 25.5. The lowest BCUT2D eigenvalue weighted by atomic mass is 10.1. The maximum Gasteiger partial charge on any atom is 0.315 e. The molecule has 2 aromatic carbocycles. The lowest BCUT2D eigenvalue weighted by Gasteiger charge is -2.05. The number of hydrogen-bond acceptors (Lipinski definition) is 4. The van der Waals surface area contributed by atoms with E-state index in [1.165, 1.54) is 18.2 Å². The van der Waals surface area contributed by atoms with Crippen molar-refractivity contribution in [2.24, 2.45) is 0 Å². The molecular weight excluding hydrogens is 296 g/mol. The number of aromatic nitrogens is 1. The van der Waals surface area contributed by atoms with Crippen molar-refractivity contribution in [2.45, 2.75) is 13.3 Å². The molecule has 0 radical (unpaired) electrons. The number of rotatable bonds is 4. The zero-order chi connectivity index (χ0) is 16.4. The van der Waals surface area contributed by atoms with Crippen molar-refractivity contribution in [3.05, 3.63) is 69.9 Å². The Kier molecular flexibility index (Phi) is 3.80. The summed E-state index contributed by atoms with van der Waals surface area (Å²) in [5, 5.41) is 11.8. The highest BCUT2D eigenvalue weighted by Crippen LogP contribution is 2.24. The molecule has 0 atom stereocenters. The molecule has 1 heterocycles. The number of aryl methyl sites for hydroxylation is 1. The maximum atomic E-state index is 12.1. The predicted molar refractivity (Wildman–Crippen MR) is 85.5 cm³/mol. The van der Waals surface area contributed by atoms with Crippen LogP contribution < -0.4 is 4.74 Å². The van der Waals surface area contributed by atoms with Gasteiger partial charge >= 0.3 is 5.97 Å². The van der Waals surface area contributed by atoms with Crippen LogP contribution in [0.5, 0.6) is 5.75 Å². The third kappa shape index (κ3) is 3.06. The van der Waals surface area contributed by atoms with E-state index in [1.54, 1.807) is 13.1 Å². The van der Waals surface area contributed by atoms with Crippen molar-refractivity contribution in [3.8, 4) is 5.75 Å². The molecule has 0 aliphatic rings. The van der Waals surface area contributed by atoms with Gasteiger partial charge in [-0.15, -0.1) is 0 Å². The Morgan fingerprint density at radius 1 is 1.26 bits per heavy atom. The second kappa shape index (κ2) is 5.92. The van der Waals surface area contributed by atoms with E-state index in [2.05, 4.69) is 4.98 Å². The van der Waals surface area contributed by atoms with Gasteiger partial charge in [0, 0.05) is 28.7 Å². The SMILES string of the molecule is Cc1cc(OC(=O)Cc2c[nH]c3ccccc23)ccc1[N+](=O)[O-]. The van der Waals surface area contributed by atoms with Gasteiger partial charge < -0.3 is 9.72 Å². The Hall–Kier alpha value is -3.15. The molecule has 0 saturated carbocycles. The van der Waals surface area contributed by atoms with Gasteiger partial charge in [-0.25, -0.2) is 0 Å². The fraction of sp³-hybridized carbons (Fsp3) is 0.118. The smallest absolute Gasteiger partial charge is 0.315 e. The van der Waals surface area contributed by atoms with Crippen LogP contribution in [0.3, 0.4) is 0 Å². The van der Waals surface area contributed by atoms with E-state index < -0.39 is 10.9 Å². The quantitative estimate of drug-likeness (QED) is 0.346. The minimum Gasteiger partial charge on any atom is -0.426 e. The van der Waals surface area contributed by atoms with Crippen molar-refractivity contribution in [3.63, 3.8) is 0 Å². The molecule has 0 fully saturated rings. The molecule has 6 heteroatoms. The fourth-order valence-corrected chi connectivity index (χ4v) is 2.50. The maximum absolute atomic E-state index is 12.1. The van der Waals surface area contributed by atoms with Crippen molar-refractivity contribution in [2.75, 3.05) is 0 Å². The Morgan fingerprint density at radius 3 is 2.78 bits per heavy atom. The number of nitrogens with one attached hydrogen (secondary N) is 1. The summed E-state index contributed by atoms with van der Waals surface area (Å²) in [5.74, 6) is -0.110. The van der Waals surface area contributed by atoms with Gasteiger partial charge in [0.05, 0.1) is 11.3 Å². The molecule has 6 nitrogen and oxygen atoms in total. The van der Waals surface area contributed by atoms with E-state index in [4.69, 9.17) is 4.74 Å². The van der Waals surface area contributed by atoms with E-state index in [0.717, 1.165) is 16.5 Å². The van der Waals surface area contributed by atoms with Gasteiger partial charge in [-0.3, -0.25) is 14.9 Å². The second-order valence-electron chi connectivity index (χ2n) is 5.22. The van der Waals surface area contributed by atoms with E-state index in [1.807, 2.05) is 24.3 Å². The highest BCUT2D eigenvalue weighted by atomic mass is 16.6. The van der Waals surface area contributed by atoms with Gasteiger partial charge in [0.2, 0.25) is 0 Å². The number of nitro benzene ring substituents is 1. The number of benzene rings is 2. The molecule has 3 aromatic rings. The van der Waals surface area contributed by atoms with Crippen LogP contribution in [0.25, 0.3) is 10.9 Å². The summed E-state index contributed by atoms with van der Waals surface area (Å²) in [5.41, 5.74) is 2.26. The lowest BCUT2D eigenvalue weighted by Crippen LogP contribution is -2.11. The van der Waals surface area contributed by atoms with Gasteiger partial charge in [-0.2, -0.15) is 0 Å². The lowest BCUT2D eigenvalue weighted by molar-refractivity contribution is -0.385. The molecule has 0 saturated heterocycles. The van der Waals surface area contributed by atoms with Crippen LogP contribution in [0.2, 0.25) is 0 Å². The van der Waals surface area contributed by atoms with Gasteiger partial charge in [-0.05, 0) is 30.7 Å². The fourth-order valence-electron chi connectivity index (χ4n) is 2.50. The zero-order valence-electron chi connectivity index (χ0n) is 12.4. The molecule has 0 amide bonds. The molecule has 116 valence electrons. The number of aromatic amines is 1. The first-order valence-corrected chi connectivity index (χ1v) is 7.05. The number of H-pyrrole nitrogens is 1. The largest absolute Gasteiger partial charge is 0.426 e. The van der Waals surface area contributed by atoms with Crippen molar-refractivity contribution in [1.82, 2.24) is 4.98 Å². The van der Waals surface area contributed by atoms with E-state index in [9.17, 15) is 14.9 Å². The molecular formula is C17H14N2O4. The minimum absolute atomic E-state index is 0.00132. The summed E-state index contributed by atoms with van der Waals surface area (Å²) >= 11 is 0. The molecule has 0 spiro atoms. The normalized spacial score (nSPS) is 10.7. The summed E-state index contributed by atoms with van der Waals surface area (Å²) in [7, 11) is 0. The molecule has 3 rings (SSSR count). The number of para-hydroxylation sites is 1. The Bertz CT molecular complexity index is 898. The highest BCUT2D eigenvalue weighted by Gasteiger charge is 2.14. The third-order valence-corrected chi connectivity index (χ3v) is 3.61. The summed E-state index contributed by atoms with van der Waals surface area (Å²) in [6.07, 6.45) is 1.91. The number of carbonyl (C=O) groups is 1. The third-order valence-electron chi connectivity index (χ3n) is 3.61. The van der Waals surface area contributed by atoms with Crippen LogP contribution in [-0.2, 0) is 11.2 Å². The molecule has 0 unspecified atom stereocenters. The van der Waals surface area contributed by atoms with Crippen LogP contribution in [0.1, 0.15) is 11.1 Å². The van der Waals surface area contributed by atoms with Crippen molar-refractivity contribution in [1.29, 1.82) is 0 Å². The van der Waals surface area contributed by atoms with Crippen LogP contribution in [0.4, 0.5) is 5.69 Å². The van der Waals surface area contributed by atoms with Crippen LogP contribution in [-0.4, -0.2) is 15.9 Å². The molecule has 0 aliphatic carbocycles. The topological polar surface area (TPSA) is 85.2 Å². The summed E-state index contributed by atoms with van der Waals surface area (Å²) < 4.78 is 5.28. The summed E-state index contributed by atoms with van der Waals surface area (Å²) in [6, 6.07) is 12.0. The Balaban J connectivity index is 1.75. The van der Waals surface area contributed by atoms with Crippen molar-refractivity contribution >= 4 is 22.6 Å². The first kappa shape index (κ1) is 14.8. The Morgan fingerprint density at radius 2 is 2.04 bits per heavy atom. The van der Waals surface area contributed by atoms with E-state index in [0.29, 0.717) is 11.3 Å². The monoisotopic (exact) mass is 310 g/mol. The van der Waals surface area contributed by atoms with Crippen LogP contribution >= 0.6 is 0 Å². The number of hydrogen-bond donors (Lipinski definition) is 1. The second-order valence-corrected chi connectivity index (χ2v) is 5.22. The van der Waals surface area contributed by atoms with E-state index in [-0.39, 0.29) is 12.1 Å². The Labute approximate surface area is 131 Å². The van der Waals surface area contributed by atoms with Gasteiger partial charge in [0.25, 0.3) is 5.69 Å². The first-order valence-electron chi connectivity index (χ1n) is 7.05. The molecule has 23 heavy (non-hydrogen) atoms. The van der Waals surface area contributed by atoms with Crippen LogP contribution in [0.15, 0.2) is 48.7 Å². The first-order chi connectivity index (χ1) is 11.0. The number of nitro groups is 1. The molecule has 1 N–H and O–H groups in total. The number of ether oxygens (including phenoxy) is 1. The molecule has 1 aromatic heterocycles. The predicted octanol–water partition coefficient (Wildman–Crippen LogP) is 3.53. The highest BCUT2D eigenvalue weighted by molar-refractivity contribution is 5.87. The van der Waals surface area contributed by atoms with Gasteiger partial charge in [0.1, 0.15) is 5.75 Å². The van der Waals surface area contributed by atoms with Gasteiger partial charge in [-0.1, -0.05) is 18.2 Å². The zero-order valence-corrected chi connectivity index (χ0v) is 12.4. The number of esters is 1. The average Bonchev–Trinajstić information content (AvgIpc) is 2.90. The summed E-state index contributed by atoms with van der Waals surface area (Å²) in [6.45, 7) is 1.61. The van der Waals surface area contributed by atoms with E-state index >= 15 is 0 Å². The number of nitrogens with zero attached hydrogens (tertiary/aromatic N) is 1. The molecule has 0 bridgehead atoms. The number of carbonyl (C=O) groups excluding carboxylic acids is 1.